The maximum Gasteiger partial charge on any atom is 0.323 e. The first-order chi connectivity index (χ1) is 15.0. The van der Waals surface area contributed by atoms with Crippen LogP contribution in [0.1, 0.15) is 22.3 Å². The van der Waals surface area contributed by atoms with Gasteiger partial charge in [-0.3, -0.25) is 4.79 Å². The van der Waals surface area contributed by atoms with E-state index >= 15 is 0 Å². The number of carbonyl (C=O) groups is 2. The summed E-state index contributed by atoms with van der Waals surface area (Å²) in [6.07, 6.45) is 1.21. The summed E-state index contributed by atoms with van der Waals surface area (Å²) in [4.78, 5) is 24.6. The molecular weight excluding hydrogens is 390 g/mol. The lowest BCUT2D eigenvalue weighted by Gasteiger charge is -2.10. The Balaban J connectivity index is 1.29. The monoisotopic (exact) mass is 415 g/mol. The quantitative estimate of drug-likeness (QED) is 0.557. The Hall–Kier alpha value is -3.80. The molecule has 6 heteroatoms. The number of nitrogens with one attached hydrogen (secondary N) is 3. The molecule has 1 aliphatic heterocycles. The van der Waals surface area contributed by atoms with Crippen molar-refractivity contribution >= 4 is 23.3 Å². The fourth-order valence-electron chi connectivity index (χ4n) is 3.57. The van der Waals surface area contributed by atoms with Gasteiger partial charge in [-0.2, -0.15) is 0 Å². The van der Waals surface area contributed by atoms with Crippen LogP contribution in [-0.2, 0) is 24.2 Å². The molecule has 31 heavy (non-hydrogen) atoms. The van der Waals surface area contributed by atoms with E-state index in [0.717, 1.165) is 40.1 Å². The van der Waals surface area contributed by atoms with Crippen LogP contribution in [0.2, 0.25) is 0 Å². The van der Waals surface area contributed by atoms with Crippen molar-refractivity contribution in [2.75, 3.05) is 17.2 Å². The number of ether oxygens (including phenoxy) is 1. The smallest absolute Gasteiger partial charge is 0.323 e. The normalized spacial score (nSPS) is 11.9. The highest BCUT2D eigenvalue weighted by Crippen LogP contribution is 2.26. The average molecular weight is 415 g/mol. The first kappa shape index (κ1) is 20.5. The average Bonchev–Trinajstić information content (AvgIpc) is 3.20. The Morgan fingerprint density at radius 2 is 1.68 bits per heavy atom. The van der Waals surface area contributed by atoms with Crippen LogP contribution in [0.15, 0.2) is 66.7 Å². The molecule has 1 aliphatic rings. The molecule has 0 bridgehead atoms. The zero-order valence-electron chi connectivity index (χ0n) is 17.4. The number of hydrogen-bond acceptors (Lipinski definition) is 3. The Morgan fingerprint density at radius 3 is 2.48 bits per heavy atom. The molecule has 0 radical (unpaired) electrons. The largest absolute Gasteiger partial charge is 0.493 e. The van der Waals surface area contributed by atoms with E-state index in [-0.39, 0.29) is 11.9 Å². The fraction of sp³-hybridized carbons (Fsp3) is 0.200. The number of urea groups is 1. The van der Waals surface area contributed by atoms with Gasteiger partial charge in [0.2, 0.25) is 5.91 Å². The third kappa shape index (κ3) is 5.63. The minimum absolute atomic E-state index is 0.0468. The molecule has 0 aromatic heterocycles. The van der Waals surface area contributed by atoms with Gasteiger partial charge in [0.25, 0.3) is 0 Å². The Labute approximate surface area is 181 Å². The molecule has 6 nitrogen and oxygen atoms in total. The van der Waals surface area contributed by atoms with Gasteiger partial charge >= 0.3 is 6.03 Å². The summed E-state index contributed by atoms with van der Waals surface area (Å²) in [7, 11) is 0. The van der Waals surface area contributed by atoms with Crippen LogP contribution in [0.4, 0.5) is 16.2 Å². The number of amides is 3. The lowest BCUT2D eigenvalue weighted by molar-refractivity contribution is -0.120. The van der Waals surface area contributed by atoms with Crippen LogP contribution in [0.5, 0.6) is 5.75 Å². The van der Waals surface area contributed by atoms with E-state index in [9.17, 15) is 9.59 Å². The summed E-state index contributed by atoms with van der Waals surface area (Å²) in [5, 5.41) is 8.59. The maximum atomic E-state index is 12.4. The van der Waals surface area contributed by atoms with Crippen molar-refractivity contribution in [1.82, 2.24) is 5.32 Å². The van der Waals surface area contributed by atoms with Gasteiger partial charge in [0.05, 0.1) is 13.0 Å². The highest BCUT2D eigenvalue weighted by atomic mass is 16.5. The van der Waals surface area contributed by atoms with E-state index < -0.39 is 0 Å². The first-order valence-corrected chi connectivity index (χ1v) is 10.3. The number of carbonyl (C=O) groups excluding carboxylic acids is 2. The molecule has 0 unspecified atom stereocenters. The molecular formula is C25H25N3O3. The molecule has 0 aliphatic carbocycles. The van der Waals surface area contributed by atoms with Crippen LogP contribution in [0.25, 0.3) is 0 Å². The van der Waals surface area contributed by atoms with Crippen LogP contribution >= 0.6 is 0 Å². The number of aryl methyl sites for hydroxylation is 1. The molecule has 3 aromatic carbocycles. The Morgan fingerprint density at radius 1 is 0.903 bits per heavy atom. The molecule has 3 N–H and O–H groups in total. The maximum absolute atomic E-state index is 12.4. The summed E-state index contributed by atoms with van der Waals surface area (Å²) in [6.45, 7) is 3.07. The van der Waals surface area contributed by atoms with Gasteiger partial charge in [-0.1, -0.05) is 36.4 Å². The Bertz CT molecular complexity index is 1110. The molecule has 0 spiro atoms. The summed E-state index contributed by atoms with van der Waals surface area (Å²) in [6, 6.07) is 20.6. The van der Waals surface area contributed by atoms with Gasteiger partial charge in [-0.15, -0.1) is 0 Å². The van der Waals surface area contributed by atoms with E-state index in [1.54, 1.807) is 0 Å². The lowest BCUT2D eigenvalue weighted by atomic mass is 10.1. The number of benzene rings is 3. The second kappa shape index (κ2) is 9.34. The standard InChI is InChI=1S/C25H25N3O3/c1-17-4-2-6-21(12-17)27-25(30)28-22-7-3-5-19(14-22)16-26-24(29)15-18-8-9-23-20(13-18)10-11-31-23/h2-9,12-14H,10-11,15-16H2,1H3,(H,26,29)(H2,27,28,30). The lowest BCUT2D eigenvalue weighted by Crippen LogP contribution is -2.24. The second-order valence-corrected chi connectivity index (χ2v) is 7.64. The predicted molar refractivity (Wildman–Crippen MR) is 121 cm³/mol. The van der Waals surface area contributed by atoms with Crippen molar-refractivity contribution < 1.29 is 14.3 Å². The van der Waals surface area contributed by atoms with Gasteiger partial charge in [0.15, 0.2) is 0 Å². The molecule has 158 valence electrons. The third-order valence-electron chi connectivity index (χ3n) is 5.07. The summed E-state index contributed by atoms with van der Waals surface area (Å²) < 4.78 is 5.51. The van der Waals surface area contributed by atoms with Gasteiger partial charge in [-0.05, 0) is 59.5 Å². The molecule has 0 saturated carbocycles. The van der Waals surface area contributed by atoms with Crippen molar-refractivity contribution in [3.8, 4) is 5.75 Å². The van der Waals surface area contributed by atoms with Crippen LogP contribution < -0.4 is 20.7 Å². The van der Waals surface area contributed by atoms with Crippen LogP contribution in [-0.4, -0.2) is 18.5 Å². The van der Waals surface area contributed by atoms with Crippen molar-refractivity contribution in [2.45, 2.75) is 26.3 Å². The molecule has 4 rings (SSSR count). The summed E-state index contributed by atoms with van der Waals surface area (Å²) in [5.74, 6) is 0.870. The van der Waals surface area contributed by atoms with Crippen LogP contribution in [0, 0.1) is 6.92 Å². The van der Waals surface area contributed by atoms with Crippen molar-refractivity contribution in [3.05, 3.63) is 89.0 Å². The second-order valence-electron chi connectivity index (χ2n) is 7.64. The third-order valence-corrected chi connectivity index (χ3v) is 5.07. The molecule has 3 aromatic rings. The number of anilines is 2. The molecule has 0 saturated heterocycles. The van der Waals surface area contributed by atoms with E-state index in [4.69, 9.17) is 4.74 Å². The van der Waals surface area contributed by atoms with Crippen molar-refractivity contribution in [1.29, 1.82) is 0 Å². The molecule has 0 atom stereocenters. The minimum Gasteiger partial charge on any atom is -0.493 e. The number of hydrogen-bond donors (Lipinski definition) is 3. The fourth-order valence-corrected chi connectivity index (χ4v) is 3.57. The molecule has 1 heterocycles. The van der Waals surface area contributed by atoms with Crippen molar-refractivity contribution in [3.63, 3.8) is 0 Å². The van der Waals surface area contributed by atoms with Gasteiger partial charge in [-0.25, -0.2) is 4.79 Å². The summed E-state index contributed by atoms with van der Waals surface area (Å²) in [5.41, 5.74) is 5.51. The highest BCUT2D eigenvalue weighted by Gasteiger charge is 2.13. The van der Waals surface area contributed by atoms with Gasteiger partial charge in [0.1, 0.15) is 5.75 Å². The van der Waals surface area contributed by atoms with E-state index in [1.165, 1.54) is 0 Å². The highest BCUT2D eigenvalue weighted by molar-refractivity contribution is 5.99. The number of fused-ring (bicyclic) bond motifs is 1. The topological polar surface area (TPSA) is 79.5 Å². The summed E-state index contributed by atoms with van der Waals surface area (Å²) >= 11 is 0. The van der Waals surface area contributed by atoms with Gasteiger partial charge < -0.3 is 20.7 Å². The van der Waals surface area contributed by atoms with E-state index in [1.807, 2.05) is 73.7 Å². The zero-order chi connectivity index (χ0) is 21.6. The predicted octanol–water partition coefficient (Wildman–Crippen LogP) is 4.43. The Kier molecular flexibility index (Phi) is 6.17. The SMILES string of the molecule is Cc1cccc(NC(=O)Nc2cccc(CNC(=O)Cc3ccc4c(c3)CCO4)c2)c1. The zero-order valence-corrected chi connectivity index (χ0v) is 17.4. The van der Waals surface area contributed by atoms with Crippen molar-refractivity contribution in [2.24, 2.45) is 0 Å². The number of rotatable bonds is 6. The van der Waals surface area contributed by atoms with E-state index in [2.05, 4.69) is 16.0 Å². The van der Waals surface area contributed by atoms with Crippen LogP contribution in [0.3, 0.4) is 0 Å². The van der Waals surface area contributed by atoms with Gasteiger partial charge in [0, 0.05) is 24.3 Å². The first-order valence-electron chi connectivity index (χ1n) is 10.3. The molecule has 0 fully saturated rings. The minimum atomic E-state index is -0.313. The van der Waals surface area contributed by atoms with E-state index in [0.29, 0.717) is 25.3 Å². The molecule has 3 amide bonds.